The molecule has 0 radical (unpaired) electrons. The van der Waals surface area contributed by atoms with Crippen LogP contribution in [0.5, 0.6) is 0 Å². The molecule has 0 spiro atoms. The molecular weight excluding hydrogens is 362 g/mol. The van der Waals surface area contributed by atoms with Gasteiger partial charge in [-0.15, -0.1) is 0 Å². The number of nitrogens with two attached hydrogens (primary N) is 1. The summed E-state index contributed by atoms with van der Waals surface area (Å²) in [4.78, 5) is 14.2. The van der Waals surface area contributed by atoms with Crippen molar-refractivity contribution in [2.24, 2.45) is 29.4 Å². The Kier molecular flexibility index (Phi) is 4.12. The highest BCUT2D eigenvalue weighted by Crippen LogP contribution is 2.65. The van der Waals surface area contributed by atoms with Gasteiger partial charge in [0.1, 0.15) is 5.60 Å². The van der Waals surface area contributed by atoms with Crippen LogP contribution in [0.4, 0.5) is 8.78 Å². The summed E-state index contributed by atoms with van der Waals surface area (Å²) in [7, 11) is 1.77. The summed E-state index contributed by atoms with van der Waals surface area (Å²) < 4.78 is 33.5. The fraction of sp³-hybridized carbons (Fsp3) is 0.682. The molecule has 3 unspecified atom stereocenters. The summed E-state index contributed by atoms with van der Waals surface area (Å²) in [5, 5.41) is 0. The highest BCUT2D eigenvalue weighted by Gasteiger charge is 2.72. The lowest BCUT2D eigenvalue weighted by molar-refractivity contribution is -0.175. The maximum atomic E-state index is 13.6. The predicted octanol–water partition coefficient (Wildman–Crippen LogP) is 3.40. The maximum absolute atomic E-state index is 13.6. The second kappa shape index (κ2) is 6.23. The molecule has 1 heterocycles. The zero-order valence-corrected chi connectivity index (χ0v) is 16.2. The lowest BCUT2D eigenvalue weighted by Gasteiger charge is -2.56. The Hall–Kier alpha value is -1.53. The number of benzene rings is 1. The molecule has 1 aromatic rings. The van der Waals surface area contributed by atoms with Gasteiger partial charge in [-0.3, -0.25) is 9.69 Å². The monoisotopic (exact) mass is 390 g/mol. The zero-order chi connectivity index (χ0) is 19.7. The van der Waals surface area contributed by atoms with Crippen LogP contribution in [0, 0.1) is 23.7 Å². The van der Waals surface area contributed by atoms with Gasteiger partial charge in [-0.2, -0.15) is 0 Å². The Morgan fingerprint density at radius 2 is 1.82 bits per heavy atom. The molecule has 1 aromatic carbocycles. The number of carbonyl (C=O) groups is 1. The molecule has 152 valence electrons. The molecule has 4 aliphatic rings. The molecule has 28 heavy (non-hydrogen) atoms. The molecule has 4 nitrogen and oxygen atoms in total. The number of carbonyl (C=O) groups excluding carboxylic acids is 1. The summed E-state index contributed by atoms with van der Waals surface area (Å²) in [5.74, 6) is -3.02. The smallest absolute Gasteiger partial charge is 0.254 e. The average Bonchev–Trinajstić information content (AvgIpc) is 3.01. The molecule has 5 rings (SSSR count). The normalized spacial score (nSPS) is 41.5. The lowest BCUT2D eigenvalue weighted by Crippen LogP contribution is -2.60. The summed E-state index contributed by atoms with van der Waals surface area (Å²) in [6, 6.07) is 7.83. The number of likely N-dealkylation sites (tertiary alicyclic amines) is 1. The van der Waals surface area contributed by atoms with Crippen LogP contribution in [0.1, 0.15) is 48.0 Å². The molecule has 2 N–H and O–H groups in total. The van der Waals surface area contributed by atoms with Crippen molar-refractivity contribution in [2.75, 3.05) is 20.2 Å². The first kappa shape index (κ1) is 18.5. The Bertz CT molecular complexity index is 770. The number of fused-ring (bicyclic) bond motifs is 3. The van der Waals surface area contributed by atoms with E-state index >= 15 is 0 Å². The van der Waals surface area contributed by atoms with Crippen molar-refractivity contribution in [3.63, 3.8) is 0 Å². The minimum absolute atomic E-state index is 0.282. The fourth-order valence-electron chi connectivity index (χ4n) is 6.69. The number of halogens is 2. The second-order valence-electron chi connectivity index (χ2n) is 9.23. The van der Waals surface area contributed by atoms with Crippen LogP contribution in [0.2, 0.25) is 0 Å². The Balaban J connectivity index is 1.42. The number of piperidine rings is 1. The van der Waals surface area contributed by atoms with Crippen molar-refractivity contribution in [1.82, 2.24) is 4.90 Å². The van der Waals surface area contributed by atoms with Gasteiger partial charge in [0.15, 0.2) is 0 Å². The van der Waals surface area contributed by atoms with Gasteiger partial charge < -0.3 is 10.5 Å². The van der Waals surface area contributed by atoms with Gasteiger partial charge >= 0.3 is 0 Å². The largest absolute Gasteiger partial charge is 0.373 e. The number of methoxy groups -OCH3 is 1. The first-order valence-corrected chi connectivity index (χ1v) is 10.4. The molecule has 1 saturated heterocycles. The van der Waals surface area contributed by atoms with Crippen molar-refractivity contribution >= 4 is 5.91 Å². The van der Waals surface area contributed by atoms with Crippen LogP contribution in [0.3, 0.4) is 0 Å². The Morgan fingerprint density at radius 1 is 1.18 bits per heavy atom. The quantitative estimate of drug-likeness (QED) is 0.857. The molecule has 1 amide bonds. The summed E-state index contributed by atoms with van der Waals surface area (Å²) in [5.41, 5.74) is 6.62. The van der Waals surface area contributed by atoms with Gasteiger partial charge in [-0.05, 0) is 43.4 Å². The lowest BCUT2D eigenvalue weighted by atomic mass is 9.62. The summed E-state index contributed by atoms with van der Waals surface area (Å²) in [6.45, 7) is 1.75. The van der Waals surface area contributed by atoms with E-state index in [0.717, 1.165) is 37.9 Å². The van der Waals surface area contributed by atoms with Crippen LogP contribution < -0.4 is 5.73 Å². The minimum Gasteiger partial charge on any atom is -0.373 e. The standard InChI is InChI=1S/C22H28F2N2O2/c1-28-21(14-5-2-4-13(8-14)20(25)27)15-6-3-7-16(21)12-26(11-15)17-9-18-19(10-17)22(18,23)24/h2,4-5,8,15-19H,3,6-7,9-12H2,1H3,(H2,25,27)/t15?,16?,17?,18-,19+,21?. The Labute approximate surface area is 164 Å². The number of primary amides is 1. The summed E-state index contributed by atoms with van der Waals surface area (Å²) >= 11 is 0. The highest BCUT2D eigenvalue weighted by atomic mass is 19.3. The predicted molar refractivity (Wildman–Crippen MR) is 101 cm³/mol. The van der Waals surface area contributed by atoms with Gasteiger partial charge in [-0.1, -0.05) is 18.6 Å². The third kappa shape index (κ3) is 2.50. The third-order valence-electron chi connectivity index (χ3n) is 8.10. The molecule has 1 aliphatic heterocycles. The van der Waals surface area contributed by atoms with E-state index in [1.807, 2.05) is 18.2 Å². The van der Waals surface area contributed by atoms with Crippen LogP contribution in [-0.4, -0.2) is 43.0 Å². The number of rotatable bonds is 4. The maximum Gasteiger partial charge on any atom is 0.254 e. The average molecular weight is 390 g/mol. The SMILES string of the molecule is COC1(c2cccc(C(N)=O)c2)C2CCCC1CN(C1C[C@@H]3[C@H](C1)C3(F)F)C2. The number of hydrogen-bond donors (Lipinski definition) is 1. The van der Waals surface area contributed by atoms with E-state index in [0.29, 0.717) is 30.2 Å². The first-order chi connectivity index (χ1) is 13.4. The number of ether oxygens (including phenoxy) is 1. The fourth-order valence-corrected chi connectivity index (χ4v) is 6.69. The van der Waals surface area contributed by atoms with E-state index in [-0.39, 0.29) is 6.04 Å². The van der Waals surface area contributed by atoms with E-state index in [2.05, 4.69) is 4.90 Å². The van der Waals surface area contributed by atoms with Gasteiger partial charge in [0.25, 0.3) is 5.92 Å². The topological polar surface area (TPSA) is 55.6 Å². The van der Waals surface area contributed by atoms with Gasteiger partial charge in [0, 0.05) is 55.5 Å². The molecule has 6 heteroatoms. The third-order valence-corrected chi connectivity index (χ3v) is 8.10. The molecule has 2 bridgehead atoms. The minimum atomic E-state index is -2.41. The molecular formula is C22H28F2N2O2. The van der Waals surface area contributed by atoms with Crippen molar-refractivity contribution in [1.29, 1.82) is 0 Å². The molecule has 3 aliphatic carbocycles. The van der Waals surface area contributed by atoms with Crippen molar-refractivity contribution < 1.29 is 18.3 Å². The Morgan fingerprint density at radius 3 is 2.39 bits per heavy atom. The number of alkyl halides is 2. The van der Waals surface area contributed by atoms with Crippen molar-refractivity contribution in [2.45, 2.75) is 49.7 Å². The van der Waals surface area contributed by atoms with Gasteiger partial charge in [0.2, 0.25) is 5.91 Å². The zero-order valence-electron chi connectivity index (χ0n) is 16.2. The number of nitrogens with zero attached hydrogens (tertiary/aromatic N) is 1. The van der Waals surface area contributed by atoms with E-state index in [4.69, 9.17) is 10.5 Å². The number of hydrogen-bond acceptors (Lipinski definition) is 3. The van der Waals surface area contributed by atoms with E-state index < -0.39 is 29.3 Å². The summed E-state index contributed by atoms with van der Waals surface area (Å²) in [6.07, 6.45) is 4.54. The van der Waals surface area contributed by atoms with E-state index in [1.54, 1.807) is 13.2 Å². The molecule has 5 atom stereocenters. The van der Waals surface area contributed by atoms with Gasteiger partial charge in [-0.25, -0.2) is 8.78 Å². The second-order valence-corrected chi connectivity index (χ2v) is 9.23. The molecule has 4 fully saturated rings. The number of amides is 1. The van der Waals surface area contributed by atoms with Crippen LogP contribution in [0.25, 0.3) is 0 Å². The van der Waals surface area contributed by atoms with Crippen LogP contribution in [-0.2, 0) is 10.3 Å². The highest BCUT2D eigenvalue weighted by molar-refractivity contribution is 5.92. The van der Waals surface area contributed by atoms with Crippen LogP contribution in [0.15, 0.2) is 24.3 Å². The first-order valence-electron chi connectivity index (χ1n) is 10.4. The molecule has 0 aromatic heterocycles. The van der Waals surface area contributed by atoms with Gasteiger partial charge in [0.05, 0.1) is 0 Å². The van der Waals surface area contributed by atoms with E-state index in [9.17, 15) is 13.6 Å². The van der Waals surface area contributed by atoms with E-state index in [1.165, 1.54) is 0 Å². The van der Waals surface area contributed by atoms with Crippen LogP contribution >= 0.6 is 0 Å². The van der Waals surface area contributed by atoms with Crippen molar-refractivity contribution in [3.05, 3.63) is 35.4 Å². The molecule has 3 saturated carbocycles. The van der Waals surface area contributed by atoms with Crippen molar-refractivity contribution in [3.8, 4) is 0 Å².